The molecule has 0 radical (unpaired) electrons. The largest absolute Gasteiger partial charge is 0.456 e. The van der Waals surface area contributed by atoms with Crippen LogP contribution in [0.2, 0.25) is 0 Å². The highest BCUT2D eigenvalue weighted by Gasteiger charge is 2.09. The van der Waals surface area contributed by atoms with E-state index in [1.807, 2.05) is 12.1 Å². The molecule has 17 heavy (non-hydrogen) atoms. The van der Waals surface area contributed by atoms with Gasteiger partial charge in [0.15, 0.2) is 0 Å². The average Bonchev–Trinajstić information content (AvgIpc) is 2.68. The Kier molecular flexibility index (Phi) is 2.37. The van der Waals surface area contributed by atoms with Gasteiger partial charge in [-0.05, 0) is 20.2 Å². The number of hydrogen-bond donors (Lipinski definition) is 0. The summed E-state index contributed by atoms with van der Waals surface area (Å²) in [6.45, 7) is 0.900. The predicted molar refractivity (Wildman–Crippen MR) is 71.1 cm³/mol. The third kappa shape index (κ3) is 1.71. The van der Waals surface area contributed by atoms with Gasteiger partial charge in [-0.25, -0.2) is 0 Å². The van der Waals surface area contributed by atoms with Crippen LogP contribution in [0.3, 0.4) is 0 Å². The van der Waals surface area contributed by atoms with E-state index in [0.29, 0.717) is 0 Å². The number of para-hydroxylation sites is 2. The van der Waals surface area contributed by atoms with Crippen LogP contribution < -0.4 is 0 Å². The van der Waals surface area contributed by atoms with Crippen LogP contribution in [-0.4, -0.2) is 19.0 Å². The van der Waals surface area contributed by atoms with Gasteiger partial charge in [-0.3, -0.25) is 0 Å². The van der Waals surface area contributed by atoms with E-state index in [-0.39, 0.29) is 0 Å². The van der Waals surface area contributed by atoms with Gasteiger partial charge in [0, 0.05) is 22.9 Å². The van der Waals surface area contributed by atoms with Crippen LogP contribution in [-0.2, 0) is 6.54 Å². The third-order valence-electron chi connectivity index (χ3n) is 2.97. The minimum atomic E-state index is 0.900. The molecular formula is C15H15NO. The summed E-state index contributed by atoms with van der Waals surface area (Å²) < 4.78 is 5.96. The molecule has 1 heterocycles. The van der Waals surface area contributed by atoms with Crippen LogP contribution in [0.25, 0.3) is 21.9 Å². The molecule has 0 aliphatic carbocycles. The van der Waals surface area contributed by atoms with Crippen molar-refractivity contribution in [1.29, 1.82) is 0 Å². The van der Waals surface area contributed by atoms with E-state index in [0.717, 1.165) is 17.7 Å². The van der Waals surface area contributed by atoms with E-state index >= 15 is 0 Å². The Balaban J connectivity index is 2.31. The minimum absolute atomic E-state index is 0.900. The molecule has 0 aliphatic rings. The minimum Gasteiger partial charge on any atom is -0.456 e. The van der Waals surface area contributed by atoms with E-state index in [4.69, 9.17) is 4.42 Å². The van der Waals surface area contributed by atoms with Crippen molar-refractivity contribution in [2.75, 3.05) is 14.1 Å². The van der Waals surface area contributed by atoms with Crippen molar-refractivity contribution in [2.45, 2.75) is 6.54 Å². The van der Waals surface area contributed by atoms with Crippen LogP contribution >= 0.6 is 0 Å². The standard InChI is InChI=1S/C15H15NO/c1-16(2)10-11-6-5-8-13-12-7-3-4-9-14(12)17-15(11)13/h3-9H,10H2,1-2H3. The normalized spacial score (nSPS) is 11.7. The van der Waals surface area contributed by atoms with Crippen molar-refractivity contribution in [3.8, 4) is 0 Å². The monoisotopic (exact) mass is 225 g/mol. The molecule has 2 aromatic carbocycles. The first-order valence-corrected chi connectivity index (χ1v) is 5.79. The van der Waals surface area contributed by atoms with Gasteiger partial charge < -0.3 is 9.32 Å². The highest BCUT2D eigenvalue weighted by atomic mass is 16.3. The fourth-order valence-electron chi connectivity index (χ4n) is 2.27. The summed E-state index contributed by atoms with van der Waals surface area (Å²) in [5.74, 6) is 0. The number of benzene rings is 2. The molecule has 0 bridgehead atoms. The van der Waals surface area contributed by atoms with Crippen LogP contribution in [0.15, 0.2) is 46.9 Å². The van der Waals surface area contributed by atoms with Gasteiger partial charge in [0.25, 0.3) is 0 Å². The van der Waals surface area contributed by atoms with Gasteiger partial charge in [-0.15, -0.1) is 0 Å². The third-order valence-corrected chi connectivity index (χ3v) is 2.97. The summed E-state index contributed by atoms with van der Waals surface area (Å²) in [5, 5.41) is 2.41. The highest BCUT2D eigenvalue weighted by molar-refractivity contribution is 6.05. The first-order valence-electron chi connectivity index (χ1n) is 5.79. The Morgan fingerprint density at radius 3 is 2.53 bits per heavy atom. The Morgan fingerprint density at radius 1 is 0.941 bits per heavy atom. The van der Waals surface area contributed by atoms with E-state index in [1.54, 1.807) is 0 Å². The molecule has 0 N–H and O–H groups in total. The van der Waals surface area contributed by atoms with E-state index in [2.05, 4.69) is 49.3 Å². The molecule has 2 nitrogen and oxygen atoms in total. The molecule has 0 unspecified atom stereocenters. The van der Waals surface area contributed by atoms with E-state index in [1.165, 1.54) is 16.3 Å². The topological polar surface area (TPSA) is 16.4 Å². The molecule has 0 saturated heterocycles. The maximum absolute atomic E-state index is 5.96. The van der Waals surface area contributed by atoms with Gasteiger partial charge in [0.2, 0.25) is 0 Å². The second-order valence-corrected chi connectivity index (χ2v) is 4.63. The van der Waals surface area contributed by atoms with Crippen molar-refractivity contribution in [1.82, 2.24) is 4.90 Å². The zero-order valence-corrected chi connectivity index (χ0v) is 10.1. The average molecular weight is 225 g/mol. The fourth-order valence-corrected chi connectivity index (χ4v) is 2.27. The first kappa shape index (κ1) is 10.4. The van der Waals surface area contributed by atoms with Gasteiger partial charge in [-0.2, -0.15) is 0 Å². The SMILES string of the molecule is CN(C)Cc1cccc2c1oc1ccccc12. The van der Waals surface area contributed by atoms with E-state index < -0.39 is 0 Å². The van der Waals surface area contributed by atoms with Crippen molar-refractivity contribution in [2.24, 2.45) is 0 Å². The van der Waals surface area contributed by atoms with Gasteiger partial charge in [-0.1, -0.05) is 36.4 Å². The molecule has 1 aromatic heterocycles. The number of rotatable bonds is 2. The van der Waals surface area contributed by atoms with E-state index in [9.17, 15) is 0 Å². The maximum atomic E-state index is 5.96. The number of fused-ring (bicyclic) bond motifs is 3. The van der Waals surface area contributed by atoms with Crippen LogP contribution in [0.1, 0.15) is 5.56 Å². The summed E-state index contributed by atoms with van der Waals surface area (Å²) in [5.41, 5.74) is 3.22. The summed E-state index contributed by atoms with van der Waals surface area (Å²) >= 11 is 0. The molecular weight excluding hydrogens is 210 g/mol. The molecule has 0 atom stereocenters. The second-order valence-electron chi connectivity index (χ2n) is 4.63. The molecule has 0 amide bonds. The molecule has 0 fully saturated rings. The predicted octanol–water partition coefficient (Wildman–Crippen LogP) is 3.65. The highest BCUT2D eigenvalue weighted by Crippen LogP contribution is 2.30. The van der Waals surface area contributed by atoms with Crippen molar-refractivity contribution < 1.29 is 4.42 Å². The van der Waals surface area contributed by atoms with Crippen LogP contribution in [0.4, 0.5) is 0 Å². The summed E-state index contributed by atoms with van der Waals surface area (Å²) in [7, 11) is 4.14. The Hall–Kier alpha value is -1.80. The van der Waals surface area contributed by atoms with Gasteiger partial charge in [0.1, 0.15) is 11.2 Å². The molecule has 0 saturated carbocycles. The van der Waals surface area contributed by atoms with Gasteiger partial charge >= 0.3 is 0 Å². The molecule has 0 spiro atoms. The fraction of sp³-hybridized carbons (Fsp3) is 0.200. The zero-order valence-electron chi connectivity index (χ0n) is 10.1. The van der Waals surface area contributed by atoms with Crippen molar-refractivity contribution in [3.63, 3.8) is 0 Å². The number of hydrogen-bond acceptors (Lipinski definition) is 2. The lowest BCUT2D eigenvalue weighted by Gasteiger charge is -2.09. The Labute approximate surface area is 100 Å². The summed E-state index contributed by atoms with van der Waals surface area (Å²) in [6.07, 6.45) is 0. The van der Waals surface area contributed by atoms with Crippen molar-refractivity contribution in [3.05, 3.63) is 48.0 Å². The summed E-state index contributed by atoms with van der Waals surface area (Å²) in [6, 6.07) is 14.6. The van der Waals surface area contributed by atoms with Gasteiger partial charge in [0.05, 0.1) is 0 Å². The number of furan rings is 1. The molecule has 2 heteroatoms. The molecule has 3 rings (SSSR count). The lowest BCUT2D eigenvalue weighted by molar-refractivity contribution is 0.402. The quantitative estimate of drug-likeness (QED) is 0.662. The Morgan fingerprint density at radius 2 is 1.71 bits per heavy atom. The smallest absolute Gasteiger partial charge is 0.139 e. The molecule has 3 aromatic rings. The maximum Gasteiger partial charge on any atom is 0.139 e. The lowest BCUT2D eigenvalue weighted by Crippen LogP contribution is -2.10. The van der Waals surface area contributed by atoms with Crippen LogP contribution in [0, 0.1) is 0 Å². The van der Waals surface area contributed by atoms with Crippen LogP contribution in [0.5, 0.6) is 0 Å². The summed E-state index contributed by atoms with van der Waals surface area (Å²) in [4.78, 5) is 2.15. The number of nitrogens with zero attached hydrogens (tertiary/aromatic N) is 1. The second kappa shape index (κ2) is 3.90. The zero-order chi connectivity index (χ0) is 11.8. The Bertz CT molecular complexity index is 667. The molecule has 0 aliphatic heterocycles. The molecule has 86 valence electrons. The lowest BCUT2D eigenvalue weighted by atomic mass is 10.1. The van der Waals surface area contributed by atoms with Crippen molar-refractivity contribution >= 4 is 21.9 Å². The first-order chi connectivity index (χ1) is 8.25.